The fourth-order valence-electron chi connectivity index (χ4n) is 1.33. The molecule has 1 aromatic carbocycles. The largest absolute Gasteiger partial charge is 0.394 e. The summed E-state index contributed by atoms with van der Waals surface area (Å²) >= 11 is 1.43. The van der Waals surface area contributed by atoms with Crippen LogP contribution in [0, 0.1) is 0 Å². The molecule has 0 amide bonds. The van der Waals surface area contributed by atoms with Gasteiger partial charge in [-0.2, -0.15) is 4.37 Å². The summed E-state index contributed by atoms with van der Waals surface area (Å²) < 4.78 is 4.33. The Bertz CT molecular complexity index is 464. The number of rotatable bonds is 3. The highest BCUT2D eigenvalue weighted by Gasteiger charge is 2.18. The van der Waals surface area contributed by atoms with Crippen molar-refractivity contribution in [1.82, 2.24) is 4.37 Å². The van der Waals surface area contributed by atoms with Crippen LogP contribution >= 0.6 is 11.5 Å². The molecule has 0 aliphatic heterocycles. The zero-order valence-electron chi connectivity index (χ0n) is 8.82. The van der Waals surface area contributed by atoms with Gasteiger partial charge in [-0.3, -0.25) is 0 Å². The summed E-state index contributed by atoms with van der Waals surface area (Å²) in [5.74, 6) is 0. The molecule has 4 heteroatoms. The number of aliphatic hydroxyl groups excluding tert-OH is 1. The van der Waals surface area contributed by atoms with E-state index in [1.165, 1.54) is 11.5 Å². The molecule has 0 bridgehead atoms. The van der Waals surface area contributed by atoms with Gasteiger partial charge in [-0.25, -0.2) is 0 Å². The van der Waals surface area contributed by atoms with E-state index in [9.17, 15) is 5.11 Å². The number of nitrogens with one attached hydrogen (secondary N) is 1. The molecule has 0 atom stereocenters. The molecular formula is C11H14N2OS. The Morgan fingerprint density at radius 3 is 2.87 bits per heavy atom. The van der Waals surface area contributed by atoms with Gasteiger partial charge in [0.1, 0.15) is 5.00 Å². The lowest BCUT2D eigenvalue weighted by Crippen LogP contribution is -2.34. The van der Waals surface area contributed by atoms with Gasteiger partial charge in [0.05, 0.1) is 17.7 Å². The zero-order chi connectivity index (χ0) is 10.9. The van der Waals surface area contributed by atoms with Crippen molar-refractivity contribution in [2.24, 2.45) is 0 Å². The third kappa shape index (κ3) is 2.11. The van der Waals surface area contributed by atoms with Crippen LogP contribution < -0.4 is 5.32 Å². The Morgan fingerprint density at radius 2 is 2.13 bits per heavy atom. The molecule has 80 valence electrons. The smallest absolute Gasteiger partial charge is 0.117 e. The molecule has 0 saturated heterocycles. The molecule has 1 aromatic heterocycles. The quantitative estimate of drug-likeness (QED) is 0.838. The van der Waals surface area contributed by atoms with Gasteiger partial charge in [0.15, 0.2) is 0 Å². The van der Waals surface area contributed by atoms with Crippen molar-refractivity contribution in [3.63, 3.8) is 0 Å². The van der Waals surface area contributed by atoms with Crippen LogP contribution in [0.1, 0.15) is 13.8 Å². The maximum absolute atomic E-state index is 9.19. The van der Waals surface area contributed by atoms with E-state index in [0.717, 1.165) is 15.9 Å². The van der Waals surface area contributed by atoms with Crippen molar-refractivity contribution in [2.75, 3.05) is 11.9 Å². The van der Waals surface area contributed by atoms with Gasteiger partial charge in [0, 0.05) is 5.39 Å². The lowest BCUT2D eigenvalue weighted by molar-refractivity contribution is 0.234. The van der Waals surface area contributed by atoms with Gasteiger partial charge < -0.3 is 10.4 Å². The number of aromatic nitrogens is 1. The SMILES string of the molecule is CC(C)(CO)Nc1snc2ccccc12. The van der Waals surface area contributed by atoms with E-state index in [4.69, 9.17) is 0 Å². The van der Waals surface area contributed by atoms with Crippen molar-refractivity contribution in [3.05, 3.63) is 24.3 Å². The number of benzene rings is 1. The summed E-state index contributed by atoms with van der Waals surface area (Å²) in [5.41, 5.74) is 0.689. The first-order chi connectivity index (χ1) is 7.12. The first-order valence-corrected chi connectivity index (χ1v) is 5.63. The number of fused-ring (bicyclic) bond motifs is 1. The molecule has 0 fully saturated rings. The van der Waals surface area contributed by atoms with Crippen molar-refractivity contribution < 1.29 is 5.11 Å². The molecule has 15 heavy (non-hydrogen) atoms. The standard InChI is InChI=1S/C11H14N2OS/c1-11(2,7-14)12-10-8-5-3-4-6-9(8)13-15-10/h3-6,12,14H,7H2,1-2H3. The van der Waals surface area contributed by atoms with Crippen LogP contribution in [0.25, 0.3) is 10.9 Å². The van der Waals surface area contributed by atoms with E-state index in [2.05, 4.69) is 9.69 Å². The Hall–Kier alpha value is -1.13. The fourth-order valence-corrected chi connectivity index (χ4v) is 2.27. The van der Waals surface area contributed by atoms with Crippen LogP contribution in [-0.2, 0) is 0 Å². The molecule has 0 spiro atoms. The second-order valence-electron chi connectivity index (χ2n) is 4.20. The van der Waals surface area contributed by atoms with Crippen molar-refractivity contribution in [3.8, 4) is 0 Å². The fraction of sp³-hybridized carbons (Fsp3) is 0.364. The van der Waals surface area contributed by atoms with Crippen LogP contribution in [0.15, 0.2) is 24.3 Å². The van der Waals surface area contributed by atoms with Gasteiger partial charge in [-0.05, 0) is 37.5 Å². The van der Waals surface area contributed by atoms with E-state index >= 15 is 0 Å². The topological polar surface area (TPSA) is 45.1 Å². The summed E-state index contributed by atoms with van der Waals surface area (Å²) in [5, 5.41) is 14.6. The number of nitrogens with zero attached hydrogens (tertiary/aromatic N) is 1. The molecule has 0 aliphatic rings. The highest BCUT2D eigenvalue weighted by Crippen LogP contribution is 2.29. The minimum absolute atomic E-state index is 0.0965. The lowest BCUT2D eigenvalue weighted by Gasteiger charge is -2.23. The number of hydrogen-bond donors (Lipinski definition) is 2. The number of hydrogen-bond acceptors (Lipinski definition) is 4. The number of anilines is 1. The molecule has 2 rings (SSSR count). The molecule has 3 nitrogen and oxygen atoms in total. The maximum atomic E-state index is 9.19. The minimum Gasteiger partial charge on any atom is -0.394 e. The second kappa shape index (κ2) is 3.79. The maximum Gasteiger partial charge on any atom is 0.117 e. The van der Waals surface area contributed by atoms with Crippen LogP contribution in [0.2, 0.25) is 0 Å². The molecule has 0 unspecified atom stereocenters. The van der Waals surface area contributed by atoms with E-state index in [-0.39, 0.29) is 12.1 Å². The Balaban J connectivity index is 2.37. The molecule has 2 N–H and O–H groups in total. The minimum atomic E-state index is -0.310. The highest BCUT2D eigenvalue weighted by atomic mass is 32.1. The van der Waals surface area contributed by atoms with E-state index in [0.29, 0.717) is 0 Å². The third-order valence-corrected chi connectivity index (χ3v) is 3.02. The Morgan fingerprint density at radius 1 is 1.40 bits per heavy atom. The van der Waals surface area contributed by atoms with Gasteiger partial charge >= 0.3 is 0 Å². The lowest BCUT2D eigenvalue weighted by atomic mass is 10.1. The zero-order valence-corrected chi connectivity index (χ0v) is 9.64. The average Bonchev–Trinajstić information content (AvgIpc) is 2.62. The van der Waals surface area contributed by atoms with Crippen LogP contribution in [0.3, 0.4) is 0 Å². The monoisotopic (exact) mass is 222 g/mol. The predicted octanol–water partition coefficient (Wildman–Crippen LogP) is 2.48. The third-order valence-electron chi connectivity index (χ3n) is 2.23. The summed E-state index contributed by atoms with van der Waals surface area (Å²) in [6.07, 6.45) is 0. The molecular weight excluding hydrogens is 208 g/mol. The normalized spacial score (nSPS) is 11.9. The first-order valence-electron chi connectivity index (χ1n) is 4.86. The van der Waals surface area contributed by atoms with Crippen molar-refractivity contribution in [1.29, 1.82) is 0 Å². The Kier molecular flexibility index (Phi) is 2.63. The Labute approximate surface area is 92.9 Å². The van der Waals surface area contributed by atoms with Crippen molar-refractivity contribution in [2.45, 2.75) is 19.4 Å². The van der Waals surface area contributed by atoms with Crippen LogP contribution in [0.4, 0.5) is 5.00 Å². The molecule has 2 aromatic rings. The summed E-state index contributed by atoms with van der Waals surface area (Å²) in [7, 11) is 0. The van der Waals surface area contributed by atoms with Crippen LogP contribution in [-0.4, -0.2) is 21.6 Å². The van der Waals surface area contributed by atoms with Gasteiger partial charge in [-0.1, -0.05) is 12.1 Å². The first kappa shape index (κ1) is 10.4. The van der Waals surface area contributed by atoms with E-state index in [1.54, 1.807) is 0 Å². The summed E-state index contributed by atoms with van der Waals surface area (Å²) in [4.78, 5) is 0. The van der Waals surface area contributed by atoms with Gasteiger partial charge in [0.25, 0.3) is 0 Å². The van der Waals surface area contributed by atoms with E-state index < -0.39 is 0 Å². The van der Waals surface area contributed by atoms with Crippen LogP contribution in [0.5, 0.6) is 0 Å². The predicted molar refractivity (Wildman–Crippen MR) is 64.4 cm³/mol. The second-order valence-corrected chi connectivity index (χ2v) is 4.97. The van der Waals surface area contributed by atoms with Gasteiger partial charge in [0.2, 0.25) is 0 Å². The van der Waals surface area contributed by atoms with Crippen molar-refractivity contribution >= 4 is 27.4 Å². The average molecular weight is 222 g/mol. The number of aliphatic hydroxyl groups is 1. The summed E-state index contributed by atoms with van der Waals surface area (Å²) in [6.45, 7) is 4.02. The molecule has 0 saturated carbocycles. The molecule has 0 aliphatic carbocycles. The highest BCUT2D eigenvalue weighted by molar-refractivity contribution is 7.11. The van der Waals surface area contributed by atoms with Gasteiger partial charge in [-0.15, -0.1) is 0 Å². The van der Waals surface area contributed by atoms with E-state index in [1.807, 2.05) is 38.1 Å². The summed E-state index contributed by atoms with van der Waals surface area (Å²) in [6, 6.07) is 7.99. The molecule has 0 radical (unpaired) electrons. The molecule has 1 heterocycles.